The monoisotopic (exact) mass is 458 g/mol. The molecular formula is C27H30N4O3. The number of hydrogen-bond acceptors (Lipinski definition) is 4. The zero-order valence-electron chi connectivity index (χ0n) is 20.1. The third-order valence-electron chi connectivity index (χ3n) is 6.20. The van der Waals surface area contributed by atoms with Crippen LogP contribution in [0.4, 0.5) is 0 Å². The molecule has 0 aliphatic rings. The Morgan fingerprint density at radius 3 is 2.59 bits per heavy atom. The number of aryl methyl sites for hydroxylation is 2. The molecule has 7 heteroatoms. The average Bonchev–Trinajstić information content (AvgIpc) is 3.28. The van der Waals surface area contributed by atoms with Crippen molar-refractivity contribution in [2.24, 2.45) is 7.05 Å². The summed E-state index contributed by atoms with van der Waals surface area (Å²) in [5, 5.41) is 7.55. The lowest BCUT2D eigenvalue weighted by Gasteiger charge is -2.13. The van der Waals surface area contributed by atoms with Gasteiger partial charge in [-0.25, -0.2) is 0 Å². The molecule has 0 aliphatic heterocycles. The third kappa shape index (κ3) is 4.59. The summed E-state index contributed by atoms with van der Waals surface area (Å²) in [5.41, 5.74) is 5.75. The van der Waals surface area contributed by atoms with E-state index in [1.807, 2.05) is 87.0 Å². The van der Waals surface area contributed by atoms with Gasteiger partial charge in [-0.05, 0) is 38.8 Å². The lowest BCUT2D eigenvalue weighted by atomic mass is 10.1. The molecule has 1 N–H and O–H groups in total. The van der Waals surface area contributed by atoms with E-state index in [9.17, 15) is 9.59 Å². The maximum absolute atomic E-state index is 13.3. The first-order valence-electron chi connectivity index (χ1n) is 11.5. The molecule has 176 valence electrons. The molecule has 0 aliphatic carbocycles. The van der Waals surface area contributed by atoms with Gasteiger partial charge in [0.15, 0.2) is 0 Å². The number of amides is 1. The largest absolute Gasteiger partial charge is 0.494 e. The number of fused-ring (bicyclic) bond motifs is 1. The van der Waals surface area contributed by atoms with Gasteiger partial charge >= 0.3 is 0 Å². The Bertz CT molecular complexity index is 1400. The van der Waals surface area contributed by atoms with Gasteiger partial charge in [0.05, 0.1) is 12.3 Å². The molecular weight excluding hydrogens is 428 g/mol. The van der Waals surface area contributed by atoms with Crippen LogP contribution in [0.5, 0.6) is 5.75 Å². The molecule has 0 fully saturated rings. The van der Waals surface area contributed by atoms with Crippen LogP contribution in [0.15, 0.2) is 59.4 Å². The van der Waals surface area contributed by atoms with Crippen molar-refractivity contribution in [2.75, 3.05) is 6.61 Å². The Labute approximate surface area is 199 Å². The summed E-state index contributed by atoms with van der Waals surface area (Å²) in [6.45, 7) is 6.81. The molecule has 0 unspecified atom stereocenters. The molecule has 0 saturated carbocycles. The number of carbonyl (C=O) groups excluding carboxylic acids is 1. The first-order valence-corrected chi connectivity index (χ1v) is 11.5. The molecule has 0 spiro atoms. The Morgan fingerprint density at radius 1 is 1.09 bits per heavy atom. The highest BCUT2D eigenvalue weighted by atomic mass is 16.5. The first-order chi connectivity index (χ1) is 16.4. The summed E-state index contributed by atoms with van der Waals surface area (Å²) in [6, 6.07) is 17.6. The van der Waals surface area contributed by atoms with Gasteiger partial charge in [0.2, 0.25) is 5.91 Å². The Balaban J connectivity index is 1.53. The standard InChI is InChI=1S/C27H30N4O3/c1-5-34-24-13-9-7-11-20(24)17-28-25(32)15-14-22-19(3)30(4)26-16-23(29-31(26)27(22)33)21-12-8-6-10-18(21)2/h6-13,16H,5,14-15,17H2,1-4H3,(H,28,32). The fraction of sp³-hybridized carbons (Fsp3) is 0.296. The molecule has 4 rings (SSSR count). The minimum Gasteiger partial charge on any atom is -0.494 e. The van der Waals surface area contributed by atoms with Crippen molar-refractivity contribution in [1.29, 1.82) is 0 Å². The topological polar surface area (TPSA) is 77.6 Å². The molecule has 2 heterocycles. The van der Waals surface area contributed by atoms with Gasteiger partial charge in [0, 0.05) is 48.5 Å². The number of rotatable bonds is 8. The van der Waals surface area contributed by atoms with E-state index in [1.54, 1.807) is 0 Å². The van der Waals surface area contributed by atoms with Crippen LogP contribution in [0.2, 0.25) is 0 Å². The lowest BCUT2D eigenvalue weighted by molar-refractivity contribution is -0.121. The van der Waals surface area contributed by atoms with Gasteiger partial charge in [0.1, 0.15) is 11.4 Å². The summed E-state index contributed by atoms with van der Waals surface area (Å²) in [7, 11) is 1.92. The van der Waals surface area contributed by atoms with E-state index in [0.29, 0.717) is 25.1 Å². The van der Waals surface area contributed by atoms with Gasteiger partial charge in [-0.3, -0.25) is 9.59 Å². The molecule has 2 aromatic heterocycles. The minimum atomic E-state index is -0.181. The van der Waals surface area contributed by atoms with Crippen LogP contribution >= 0.6 is 0 Å². The maximum Gasteiger partial charge on any atom is 0.277 e. The van der Waals surface area contributed by atoms with Gasteiger partial charge in [-0.15, -0.1) is 0 Å². The van der Waals surface area contributed by atoms with Gasteiger partial charge < -0.3 is 14.6 Å². The second kappa shape index (κ2) is 9.95. The Kier molecular flexibility index (Phi) is 6.82. The fourth-order valence-corrected chi connectivity index (χ4v) is 4.16. The van der Waals surface area contributed by atoms with Gasteiger partial charge in [0.25, 0.3) is 5.56 Å². The number of hydrogen-bond donors (Lipinski definition) is 1. The number of nitrogens with one attached hydrogen (secondary N) is 1. The van der Waals surface area contributed by atoms with Crippen LogP contribution in [0, 0.1) is 13.8 Å². The van der Waals surface area contributed by atoms with E-state index in [0.717, 1.165) is 39.5 Å². The first kappa shape index (κ1) is 23.3. The van der Waals surface area contributed by atoms with Gasteiger partial charge in [-0.1, -0.05) is 42.5 Å². The zero-order valence-corrected chi connectivity index (χ0v) is 20.1. The van der Waals surface area contributed by atoms with E-state index in [-0.39, 0.29) is 17.9 Å². The van der Waals surface area contributed by atoms with Crippen LogP contribution in [0.25, 0.3) is 16.9 Å². The SMILES string of the molecule is CCOc1ccccc1CNC(=O)CCc1c(C)n(C)c2cc(-c3ccccc3C)nn2c1=O. The maximum atomic E-state index is 13.3. The van der Waals surface area contributed by atoms with Crippen LogP contribution in [-0.4, -0.2) is 26.7 Å². The van der Waals surface area contributed by atoms with E-state index in [2.05, 4.69) is 10.4 Å². The summed E-state index contributed by atoms with van der Waals surface area (Å²) < 4.78 is 9.03. The Morgan fingerprint density at radius 2 is 1.82 bits per heavy atom. The third-order valence-corrected chi connectivity index (χ3v) is 6.20. The van der Waals surface area contributed by atoms with Crippen molar-refractivity contribution < 1.29 is 9.53 Å². The number of nitrogens with zero attached hydrogens (tertiary/aromatic N) is 3. The van der Waals surface area contributed by atoms with E-state index in [4.69, 9.17) is 4.74 Å². The predicted molar refractivity (Wildman–Crippen MR) is 133 cm³/mol. The van der Waals surface area contributed by atoms with Crippen molar-refractivity contribution in [3.05, 3.63) is 87.3 Å². The molecule has 34 heavy (non-hydrogen) atoms. The van der Waals surface area contributed by atoms with E-state index in [1.165, 1.54) is 4.52 Å². The average molecular weight is 459 g/mol. The summed E-state index contributed by atoms with van der Waals surface area (Å²) in [4.78, 5) is 25.9. The number of carbonyl (C=O) groups is 1. The summed E-state index contributed by atoms with van der Waals surface area (Å²) in [5.74, 6) is 0.650. The van der Waals surface area contributed by atoms with Crippen molar-refractivity contribution in [3.63, 3.8) is 0 Å². The lowest BCUT2D eigenvalue weighted by Crippen LogP contribution is -2.28. The number of benzene rings is 2. The molecule has 0 atom stereocenters. The number of aromatic nitrogens is 3. The Hall–Kier alpha value is -3.87. The highest BCUT2D eigenvalue weighted by Gasteiger charge is 2.17. The molecule has 2 aromatic carbocycles. The van der Waals surface area contributed by atoms with Crippen molar-refractivity contribution in [3.8, 4) is 17.0 Å². The van der Waals surface area contributed by atoms with E-state index < -0.39 is 0 Å². The normalized spacial score (nSPS) is 11.1. The van der Waals surface area contributed by atoms with Crippen molar-refractivity contribution >= 4 is 11.6 Å². The highest BCUT2D eigenvalue weighted by Crippen LogP contribution is 2.23. The number of ether oxygens (including phenoxy) is 1. The summed E-state index contributed by atoms with van der Waals surface area (Å²) >= 11 is 0. The summed E-state index contributed by atoms with van der Waals surface area (Å²) in [6.07, 6.45) is 0.553. The van der Waals surface area contributed by atoms with Crippen LogP contribution in [0.3, 0.4) is 0 Å². The van der Waals surface area contributed by atoms with Crippen LogP contribution < -0.4 is 15.6 Å². The second-order valence-electron chi connectivity index (χ2n) is 8.36. The minimum absolute atomic E-state index is 0.117. The van der Waals surface area contributed by atoms with Crippen LogP contribution in [-0.2, 0) is 24.8 Å². The molecule has 0 bridgehead atoms. The van der Waals surface area contributed by atoms with Crippen LogP contribution in [0.1, 0.15) is 35.7 Å². The smallest absolute Gasteiger partial charge is 0.277 e. The van der Waals surface area contributed by atoms with Gasteiger partial charge in [-0.2, -0.15) is 9.61 Å². The van der Waals surface area contributed by atoms with Crippen molar-refractivity contribution in [2.45, 2.75) is 40.2 Å². The molecule has 4 aromatic rings. The predicted octanol–water partition coefficient (Wildman–Crippen LogP) is 3.96. The fourth-order valence-electron chi connectivity index (χ4n) is 4.16. The second-order valence-corrected chi connectivity index (χ2v) is 8.36. The molecule has 0 saturated heterocycles. The zero-order chi connectivity index (χ0) is 24.2. The molecule has 7 nitrogen and oxygen atoms in total. The quantitative estimate of drug-likeness (QED) is 0.434. The molecule has 1 amide bonds. The van der Waals surface area contributed by atoms with Crippen molar-refractivity contribution in [1.82, 2.24) is 19.5 Å². The highest BCUT2D eigenvalue weighted by molar-refractivity contribution is 5.76. The number of para-hydroxylation sites is 1. The molecule has 0 radical (unpaired) electrons. The van der Waals surface area contributed by atoms with E-state index >= 15 is 0 Å².